The monoisotopic (exact) mass is 293 g/mol. The van der Waals surface area contributed by atoms with E-state index >= 15 is 0 Å². The van der Waals surface area contributed by atoms with Gasteiger partial charge in [-0.25, -0.2) is 0 Å². The molecule has 1 rings (SSSR count). The van der Waals surface area contributed by atoms with Gasteiger partial charge in [0.15, 0.2) is 0 Å². The summed E-state index contributed by atoms with van der Waals surface area (Å²) in [7, 11) is 0. The topological polar surface area (TPSA) is 29.1 Å². The Morgan fingerprint density at radius 1 is 1.26 bits per heavy atom. The summed E-state index contributed by atoms with van der Waals surface area (Å²) in [5.41, 5.74) is 1.04. The number of halogens is 3. The molecule has 0 saturated carbocycles. The minimum absolute atomic E-state index is 0.248. The molecule has 0 saturated heterocycles. The second-order valence-corrected chi connectivity index (χ2v) is 6.12. The van der Waals surface area contributed by atoms with Crippen molar-refractivity contribution in [3.8, 4) is 0 Å². The molecule has 19 heavy (non-hydrogen) atoms. The summed E-state index contributed by atoms with van der Waals surface area (Å²) in [6.45, 7) is 6.73. The van der Waals surface area contributed by atoms with Crippen LogP contribution in [0.2, 0.25) is 0 Å². The molecule has 0 radical (unpaired) electrons. The molecule has 1 heterocycles. The number of thiophene rings is 1. The maximum absolute atomic E-state index is 12.1. The van der Waals surface area contributed by atoms with Crippen LogP contribution < -0.4 is 5.32 Å². The average Bonchev–Trinajstić information content (AvgIpc) is 2.69. The van der Waals surface area contributed by atoms with E-state index in [1.165, 1.54) is 11.3 Å². The molecule has 0 aliphatic rings. The van der Waals surface area contributed by atoms with Gasteiger partial charge in [0, 0.05) is 4.88 Å². The molecule has 0 atom stereocenters. The van der Waals surface area contributed by atoms with E-state index in [1.807, 2.05) is 33.0 Å². The van der Waals surface area contributed by atoms with Gasteiger partial charge >= 0.3 is 6.18 Å². The van der Waals surface area contributed by atoms with Crippen LogP contribution in [-0.4, -0.2) is 18.6 Å². The molecule has 0 aliphatic carbocycles. The highest BCUT2D eigenvalue weighted by Crippen LogP contribution is 2.34. The van der Waals surface area contributed by atoms with Crippen LogP contribution >= 0.6 is 11.3 Å². The fraction of sp³-hybridized carbons (Fsp3) is 0.615. The number of amides is 1. The molecule has 0 unspecified atom stereocenters. The Morgan fingerprint density at radius 3 is 2.21 bits per heavy atom. The summed E-state index contributed by atoms with van der Waals surface area (Å²) in [4.78, 5) is 13.1. The second-order valence-electron chi connectivity index (χ2n) is 5.04. The molecule has 0 aromatic carbocycles. The number of hydrogen-bond donors (Lipinski definition) is 1. The highest BCUT2D eigenvalue weighted by atomic mass is 32.1. The number of carbonyl (C=O) groups excluding carboxylic acids is 1. The molecule has 1 N–H and O–H groups in total. The van der Waals surface area contributed by atoms with E-state index in [4.69, 9.17) is 0 Å². The molecule has 108 valence electrons. The van der Waals surface area contributed by atoms with E-state index in [9.17, 15) is 18.0 Å². The lowest BCUT2D eigenvalue weighted by molar-refractivity contribution is -0.123. The zero-order valence-corrected chi connectivity index (χ0v) is 12.2. The maximum atomic E-state index is 12.1. The Labute approximate surface area is 115 Å². The van der Waals surface area contributed by atoms with Gasteiger partial charge in [0.25, 0.3) is 5.91 Å². The van der Waals surface area contributed by atoms with Crippen LogP contribution in [0.3, 0.4) is 0 Å². The van der Waals surface area contributed by atoms with Gasteiger partial charge in [-0.05, 0) is 23.5 Å². The van der Waals surface area contributed by atoms with Crippen LogP contribution in [0.4, 0.5) is 13.2 Å². The Balaban J connectivity index is 2.90. The van der Waals surface area contributed by atoms with Gasteiger partial charge in [0.05, 0.1) is 4.88 Å². The SMILES string of the molecule is CC(C)c1cc(C(=O)NCC(F)(F)F)sc1C(C)C. The minimum Gasteiger partial charge on any atom is -0.342 e. The van der Waals surface area contributed by atoms with Crippen molar-refractivity contribution in [1.82, 2.24) is 5.32 Å². The third-order valence-corrected chi connectivity index (χ3v) is 4.06. The third-order valence-electron chi connectivity index (χ3n) is 2.61. The number of rotatable bonds is 4. The molecule has 0 aliphatic heterocycles. The first-order valence-electron chi connectivity index (χ1n) is 6.10. The van der Waals surface area contributed by atoms with Gasteiger partial charge in [0.1, 0.15) is 6.54 Å². The first-order chi connectivity index (χ1) is 8.61. The quantitative estimate of drug-likeness (QED) is 0.881. The molecule has 6 heteroatoms. The van der Waals surface area contributed by atoms with Crippen molar-refractivity contribution < 1.29 is 18.0 Å². The van der Waals surface area contributed by atoms with E-state index in [1.54, 1.807) is 6.07 Å². The summed E-state index contributed by atoms with van der Waals surface area (Å²) in [6, 6.07) is 1.70. The van der Waals surface area contributed by atoms with Crippen LogP contribution in [0.15, 0.2) is 6.07 Å². The predicted octanol–water partition coefficient (Wildman–Crippen LogP) is 4.29. The van der Waals surface area contributed by atoms with Crippen molar-refractivity contribution in [2.75, 3.05) is 6.54 Å². The largest absolute Gasteiger partial charge is 0.405 e. The molecule has 0 spiro atoms. The molecule has 0 fully saturated rings. The number of carbonyl (C=O) groups is 1. The molecular weight excluding hydrogens is 275 g/mol. The van der Waals surface area contributed by atoms with Crippen molar-refractivity contribution in [2.24, 2.45) is 0 Å². The minimum atomic E-state index is -4.38. The van der Waals surface area contributed by atoms with Crippen molar-refractivity contribution in [2.45, 2.75) is 45.7 Å². The van der Waals surface area contributed by atoms with E-state index < -0.39 is 18.6 Å². The van der Waals surface area contributed by atoms with E-state index in [-0.39, 0.29) is 11.8 Å². The number of nitrogens with one attached hydrogen (secondary N) is 1. The van der Waals surface area contributed by atoms with E-state index in [0.717, 1.165) is 10.4 Å². The Hall–Kier alpha value is -1.04. The van der Waals surface area contributed by atoms with Gasteiger partial charge < -0.3 is 5.32 Å². The fourth-order valence-electron chi connectivity index (χ4n) is 1.70. The van der Waals surface area contributed by atoms with Crippen LogP contribution in [0.1, 0.15) is 59.6 Å². The number of alkyl halides is 3. The summed E-state index contributed by atoms with van der Waals surface area (Å²) in [6.07, 6.45) is -4.38. The first kappa shape index (κ1) is 16.0. The van der Waals surface area contributed by atoms with Gasteiger partial charge in [-0.1, -0.05) is 27.7 Å². The van der Waals surface area contributed by atoms with Gasteiger partial charge in [-0.3, -0.25) is 4.79 Å². The normalized spacial score (nSPS) is 12.3. The molecule has 0 bridgehead atoms. The molecular formula is C13H18F3NOS. The third kappa shape index (κ3) is 4.53. The molecule has 1 aromatic heterocycles. The van der Waals surface area contributed by atoms with Crippen molar-refractivity contribution in [3.63, 3.8) is 0 Å². The Bertz CT molecular complexity index is 424. The zero-order valence-electron chi connectivity index (χ0n) is 11.4. The first-order valence-corrected chi connectivity index (χ1v) is 6.92. The van der Waals surface area contributed by atoms with Gasteiger partial charge in [0.2, 0.25) is 0 Å². The van der Waals surface area contributed by atoms with Crippen molar-refractivity contribution >= 4 is 17.2 Å². The van der Waals surface area contributed by atoms with Crippen LogP contribution in [0.25, 0.3) is 0 Å². The molecule has 1 aromatic rings. The lowest BCUT2D eigenvalue weighted by Crippen LogP contribution is -2.33. The van der Waals surface area contributed by atoms with Gasteiger partial charge in [-0.2, -0.15) is 13.2 Å². The smallest absolute Gasteiger partial charge is 0.342 e. The summed E-state index contributed by atoms with van der Waals surface area (Å²) < 4.78 is 36.2. The molecule has 1 amide bonds. The highest BCUT2D eigenvalue weighted by Gasteiger charge is 2.28. The van der Waals surface area contributed by atoms with Gasteiger partial charge in [-0.15, -0.1) is 11.3 Å². The summed E-state index contributed by atoms with van der Waals surface area (Å²) >= 11 is 1.28. The lowest BCUT2D eigenvalue weighted by Gasteiger charge is -2.08. The zero-order chi connectivity index (χ0) is 14.8. The standard InChI is InChI=1S/C13H18F3NOS/c1-7(2)9-5-10(19-11(9)8(3)4)12(18)17-6-13(14,15)16/h5,7-8H,6H2,1-4H3,(H,17,18). The Morgan fingerprint density at radius 2 is 1.84 bits per heavy atom. The second kappa shape index (κ2) is 5.94. The average molecular weight is 293 g/mol. The Kier molecular flexibility index (Phi) is 5.01. The van der Waals surface area contributed by atoms with Crippen LogP contribution in [-0.2, 0) is 0 Å². The van der Waals surface area contributed by atoms with E-state index in [2.05, 4.69) is 0 Å². The summed E-state index contributed by atoms with van der Waals surface area (Å²) in [5, 5.41) is 1.90. The number of hydrogen-bond acceptors (Lipinski definition) is 2. The summed E-state index contributed by atoms with van der Waals surface area (Å²) in [5.74, 6) is -0.152. The highest BCUT2D eigenvalue weighted by molar-refractivity contribution is 7.14. The van der Waals surface area contributed by atoms with Crippen LogP contribution in [0.5, 0.6) is 0 Å². The fourth-order valence-corrected chi connectivity index (χ4v) is 2.94. The predicted molar refractivity (Wildman–Crippen MR) is 70.9 cm³/mol. The van der Waals surface area contributed by atoms with Crippen molar-refractivity contribution in [1.29, 1.82) is 0 Å². The van der Waals surface area contributed by atoms with Crippen LogP contribution in [0, 0.1) is 0 Å². The molecule has 2 nitrogen and oxygen atoms in total. The van der Waals surface area contributed by atoms with E-state index in [0.29, 0.717) is 4.88 Å². The lowest BCUT2D eigenvalue weighted by atomic mass is 9.99. The maximum Gasteiger partial charge on any atom is 0.405 e. The van der Waals surface area contributed by atoms with Crippen molar-refractivity contribution in [3.05, 3.63) is 21.4 Å².